The molecule has 1 aromatic heterocycles. The molecule has 1 nitrogen and oxygen atoms in total. The van der Waals surface area contributed by atoms with E-state index >= 15 is 0 Å². The van der Waals surface area contributed by atoms with Crippen molar-refractivity contribution in [3.05, 3.63) is 48.3 Å². The minimum absolute atomic E-state index is 0.244. The molecule has 0 atom stereocenters. The summed E-state index contributed by atoms with van der Waals surface area (Å²) in [7, 11) is 5.23. The number of benzene rings is 1. The molecule has 2 rings (SSSR count). The molecule has 0 spiro atoms. The van der Waals surface area contributed by atoms with Crippen molar-refractivity contribution in [3.8, 4) is 5.69 Å². The number of rotatable bonds is 1. The Morgan fingerprint density at radius 1 is 1.07 bits per heavy atom. The van der Waals surface area contributed by atoms with Crippen molar-refractivity contribution in [1.82, 2.24) is 4.57 Å². The molecule has 0 aliphatic carbocycles. The van der Waals surface area contributed by atoms with Crippen LogP contribution in [0.1, 0.15) is 0 Å². The Bertz CT molecular complexity index is 451. The van der Waals surface area contributed by atoms with Gasteiger partial charge in [-0.1, -0.05) is 0 Å². The fraction of sp³-hybridized carbons (Fsp3) is 0. The fourth-order valence-corrected chi connectivity index (χ4v) is 1.25. The second-order valence-electron chi connectivity index (χ2n) is 2.88. The Labute approximate surface area is 81.4 Å². The molecule has 1 aromatic carbocycles. The lowest BCUT2D eigenvalue weighted by Gasteiger charge is -2.07. The number of hydrogen-bond acceptors (Lipinski definition) is 0. The van der Waals surface area contributed by atoms with Gasteiger partial charge >= 0.3 is 0 Å². The van der Waals surface area contributed by atoms with Crippen LogP contribution in [0.5, 0.6) is 0 Å². The lowest BCUT2D eigenvalue weighted by molar-refractivity contribution is 0.592. The van der Waals surface area contributed by atoms with Crippen molar-refractivity contribution in [3.63, 3.8) is 0 Å². The van der Waals surface area contributed by atoms with Gasteiger partial charge in [-0.25, -0.2) is 8.78 Å². The van der Waals surface area contributed by atoms with Crippen LogP contribution in [0.4, 0.5) is 8.78 Å². The van der Waals surface area contributed by atoms with E-state index in [-0.39, 0.29) is 5.69 Å². The van der Waals surface area contributed by atoms with E-state index in [1.807, 2.05) is 0 Å². The maximum atomic E-state index is 13.4. The first kappa shape index (κ1) is 9.00. The molecule has 0 aliphatic heterocycles. The van der Waals surface area contributed by atoms with Crippen LogP contribution in [0.3, 0.4) is 0 Å². The van der Waals surface area contributed by atoms with E-state index in [0.717, 1.165) is 6.07 Å². The SMILES string of the molecule is [B]c1c(F)ccc(-n2cccc2)c1F. The zero-order valence-electron chi connectivity index (χ0n) is 7.24. The van der Waals surface area contributed by atoms with Crippen molar-refractivity contribution in [1.29, 1.82) is 0 Å². The van der Waals surface area contributed by atoms with E-state index in [1.165, 1.54) is 10.6 Å². The molecule has 0 saturated carbocycles. The van der Waals surface area contributed by atoms with Gasteiger partial charge in [-0.3, -0.25) is 0 Å². The van der Waals surface area contributed by atoms with Crippen molar-refractivity contribution in [2.24, 2.45) is 0 Å². The van der Waals surface area contributed by atoms with Gasteiger partial charge in [-0.2, -0.15) is 0 Å². The van der Waals surface area contributed by atoms with Crippen LogP contribution in [0.25, 0.3) is 5.69 Å². The summed E-state index contributed by atoms with van der Waals surface area (Å²) in [5.41, 5.74) is -0.204. The minimum Gasteiger partial charge on any atom is -0.321 e. The lowest BCUT2D eigenvalue weighted by atomic mass is 9.94. The van der Waals surface area contributed by atoms with Gasteiger partial charge in [0.25, 0.3) is 0 Å². The molecular formula is C10H6BF2N. The number of nitrogens with zero attached hydrogens (tertiary/aromatic N) is 1. The molecule has 68 valence electrons. The summed E-state index contributed by atoms with van der Waals surface area (Å²) in [6, 6.07) is 5.99. The van der Waals surface area contributed by atoms with Gasteiger partial charge in [0.1, 0.15) is 19.5 Å². The van der Waals surface area contributed by atoms with Gasteiger partial charge in [0, 0.05) is 12.4 Å². The molecule has 0 N–H and O–H groups in total. The van der Waals surface area contributed by atoms with Crippen LogP contribution in [0.15, 0.2) is 36.7 Å². The minimum atomic E-state index is -0.738. The molecule has 0 aliphatic rings. The summed E-state index contributed by atoms with van der Waals surface area (Å²) < 4.78 is 27.8. The normalized spacial score (nSPS) is 10.4. The summed E-state index contributed by atoms with van der Waals surface area (Å²) in [4.78, 5) is 0. The largest absolute Gasteiger partial charge is 0.321 e. The van der Waals surface area contributed by atoms with Crippen molar-refractivity contribution >= 4 is 13.3 Å². The topological polar surface area (TPSA) is 4.93 Å². The highest BCUT2D eigenvalue weighted by Crippen LogP contribution is 2.12. The second-order valence-corrected chi connectivity index (χ2v) is 2.88. The first-order chi connectivity index (χ1) is 6.70. The Morgan fingerprint density at radius 2 is 1.71 bits per heavy atom. The number of hydrogen-bond donors (Lipinski definition) is 0. The monoisotopic (exact) mass is 189 g/mol. The molecule has 0 saturated heterocycles. The predicted octanol–water partition coefficient (Wildman–Crippen LogP) is 1.55. The summed E-state index contributed by atoms with van der Waals surface area (Å²) in [5, 5.41) is 0. The molecule has 4 heteroatoms. The van der Waals surface area contributed by atoms with Crippen LogP contribution in [-0.4, -0.2) is 12.4 Å². The highest BCUT2D eigenvalue weighted by atomic mass is 19.1. The third-order valence-corrected chi connectivity index (χ3v) is 1.99. The van der Waals surface area contributed by atoms with Gasteiger partial charge in [0.2, 0.25) is 0 Å². The summed E-state index contributed by atoms with van der Waals surface area (Å²) in [6.07, 6.45) is 3.32. The third kappa shape index (κ3) is 1.33. The molecule has 2 radical (unpaired) electrons. The predicted molar refractivity (Wildman–Crippen MR) is 51.1 cm³/mol. The summed E-state index contributed by atoms with van der Waals surface area (Å²) in [6.45, 7) is 0. The average molecular weight is 189 g/mol. The molecule has 14 heavy (non-hydrogen) atoms. The van der Waals surface area contributed by atoms with E-state index < -0.39 is 17.1 Å². The Kier molecular flexibility index (Phi) is 2.12. The van der Waals surface area contributed by atoms with Gasteiger partial charge in [-0.05, 0) is 29.7 Å². The standard InChI is InChI=1S/C10H6BF2N/c11-9-7(12)3-4-8(10(9)13)14-5-1-2-6-14/h1-6H. The van der Waals surface area contributed by atoms with Crippen LogP contribution < -0.4 is 5.46 Å². The van der Waals surface area contributed by atoms with E-state index in [9.17, 15) is 8.78 Å². The highest BCUT2D eigenvalue weighted by Gasteiger charge is 2.09. The van der Waals surface area contributed by atoms with E-state index in [4.69, 9.17) is 7.85 Å². The van der Waals surface area contributed by atoms with E-state index in [0.29, 0.717) is 0 Å². The maximum absolute atomic E-state index is 13.4. The second kappa shape index (κ2) is 3.29. The Morgan fingerprint density at radius 3 is 2.36 bits per heavy atom. The van der Waals surface area contributed by atoms with E-state index in [2.05, 4.69) is 0 Å². The Balaban J connectivity index is 2.61. The van der Waals surface area contributed by atoms with Crippen LogP contribution in [0.2, 0.25) is 0 Å². The zero-order valence-corrected chi connectivity index (χ0v) is 7.24. The maximum Gasteiger partial charge on any atom is 0.142 e. The molecule has 0 amide bonds. The van der Waals surface area contributed by atoms with E-state index in [1.54, 1.807) is 24.5 Å². The fourth-order valence-electron chi connectivity index (χ4n) is 1.25. The van der Waals surface area contributed by atoms with Crippen molar-refractivity contribution < 1.29 is 8.78 Å². The first-order valence-electron chi connectivity index (χ1n) is 4.07. The molecule has 1 heterocycles. The molecule has 2 aromatic rings. The van der Waals surface area contributed by atoms with Gasteiger partial charge in [-0.15, -0.1) is 0 Å². The average Bonchev–Trinajstić information content (AvgIpc) is 2.67. The molecular weight excluding hydrogens is 183 g/mol. The zero-order chi connectivity index (χ0) is 10.1. The van der Waals surface area contributed by atoms with Gasteiger partial charge < -0.3 is 4.57 Å². The quantitative estimate of drug-likeness (QED) is 0.599. The van der Waals surface area contributed by atoms with Crippen LogP contribution in [0, 0.1) is 11.6 Å². The molecule has 0 bridgehead atoms. The number of aromatic nitrogens is 1. The summed E-state index contributed by atoms with van der Waals surface area (Å²) >= 11 is 0. The van der Waals surface area contributed by atoms with Crippen LogP contribution in [-0.2, 0) is 0 Å². The first-order valence-corrected chi connectivity index (χ1v) is 4.07. The summed E-state index contributed by atoms with van der Waals surface area (Å²) in [5.74, 6) is -1.47. The van der Waals surface area contributed by atoms with Crippen LogP contribution >= 0.6 is 0 Å². The van der Waals surface area contributed by atoms with Gasteiger partial charge in [0.05, 0.1) is 5.69 Å². The van der Waals surface area contributed by atoms with Crippen molar-refractivity contribution in [2.75, 3.05) is 0 Å². The number of halogens is 2. The highest BCUT2D eigenvalue weighted by molar-refractivity contribution is 6.32. The molecule has 0 fully saturated rings. The van der Waals surface area contributed by atoms with Gasteiger partial charge in [0.15, 0.2) is 0 Å². The lowest BCUT2D eigenvalue weighted by Crippen LogP contribution is -2.16. The third-order valence-electron chi connectivity index (χ3n) is 1.99. The molecule has 0 unspecified atom stereocenters. The smallest absolute Gasteiger partial charge is 0.142 e. The van der Waals surface area contributed by atoms with Crippen molar-refractivity contribution in [2.45, 2.75) is 0 Å². The Hall–Kier alpha value is -1.58.